The first-order chi connectivity index (χ1) is 16.2. The first-order valence-electron chi connectivity index (χ1n) is 10.7. The number of aromatic nitrogens is 1. The Morgan fingerprint density at radius 3 is 2.32 bits per heavy atom. The molecule has 0 radical (unpaired) electrons. The molecule has 0 spiro atoms. The summed E-state index contributed by atoms with van der Waals surface area (Å²) in [4.78, 5) is 30.0. The van der Waals surface area contributed by atoms with Gasteiger partial charge < -0.3 is 10.6 Å². The van der Waals surface area contributed by atoms with Crippen LogP contribution >= 0.6 is 34.7 Å². The summed E-state index contributed by atoms with van der Waals surface area (Å²) in [5, 5.41) is 6.24. The van der Waals surface area contributed by atoms with Crippen molar-refractivity contribution in [3.05, 3.63) is 81.9 Å². The maximum Gasteiger partial charge on any atom is 0.255 e. The molecule has 3 aromatic carbocycles. The molecule has 0 saturated carbocycles. The van der Waals surface area contributed by atoms with Crippen molar-refractivity contribution in [2.75, 3.05) is 10.6 Å². The number of carbonyl (C=O) groups excluding carboxylic acids is 2. The minimum Gasteiger partial charge on any atom is -0.325 e. The van der Waals surface area contributed by atoms with Gasteiger partial charge in [-0.25, -0.2) is 4.98 Å². The van der Waals surface area contributed by atoms with Gasteiger partial charge in [-0.2, -0.15) is 0 Å². The molecule has 5 nitrogen and oxygen atoms in total. The molecule has 0 fully saturated rings. The van der Waals surface area contributed by atoms with E-state index in [0.717, 1.165) is 31.4 Å². The van der Waals surface area contributed by atoms with E-state index in [4.69, 9.17) is 11.6 Å². The van der Waals surface area contributed by atoms with Crippen molar-refractivity contribution in [1.29, 1.82) is 0 Å². The average Bonchev–Trinajstić information content (AvgIpc) is 3.17. The molecule has 8 heteroatoms. The van der Waals surface area contributed by atoms with Crippen molar-refractivity contribution < 1.29 is 9.59 Å². The molecule has 4 rings (SSSR count). The smallest absolute Gasteiger partial charge is 0.255 e. The molecule has 1 aromatic heterocycles. The van der Waals surface area contributed by atoms with E-state index in [1.54, 1.807) is 24.3 Å². The second kappa shape index (κ2) is 10.2. The Morgan fingerprint density at radius 2 is 1.65 bits per heavy atom. The normalized spacial score (nSPS) is 11.9. The van der Waals surface area contributed by atoms with Crippen molar-refractivity contribution >= 4 is 68.1 Å². The highest BCUT2D eigenvalue weighted by Gasteiger charge is 2.19. The Bertz CT molecular complexity index is 1360. The van der Waals surface area contributed by atoms with Gasteiger partial charge in [-0.3, -0.25) is 9.59 Å². The van der Waals surface area contributed by atoms with Crippen LogP contribution in [0.15, 0.2) is 58.9 Å². The molecule has 2 N–H and O–H groups in total. The zero-order valence-corrected chi connectivity index (χ0v) is 21.6. The van der Waals surface area contributed by atoms with Crippen LogP contribution in [-0.4, -0.2) is 22.0 Å². The molecule has 1 atom stereocenters. The summed E-state index contributed by atoms with van der Waals surface area (Å²) >= 11 is 8.82. The van der Waals surface area contributed by atoms with Crippen molar-refractivity contribution in [2.45, 2.75) is 37.3 Å². The van der Waals surface area contributed by atoms with E-state index in [1.165, 1.54) is 28.7 Å². The molecular weight excluding hydrogens is 486 g/mol. The molecule has 174 valence electrons. The van der Waals surface area contributed by atoms with Crippen LogP contribution < -0.4 is 10.6 Å². The van der Waals surface area contributed by atoms with E-state index in [-0.39, 0.29) is 17.1 Å². The third-order valence-electron chi connectivity index (χ3n) is 5.31. The molecule has 2 amide bonds. The molecule has 1 heterocycles. The summed E-state index contributed by atoms with van der Waals surface area (Å²) in [7, 11) is 0. The fourth-order valence-electron chi connectivity index (χ4n) is 3.64. The number of rotatable bonds is 6. The van der Waals surface area contributed by atoms with E-state index in [2.05, 4.69) is 27.8 Å². The molecule has 0 bridgehead atoms. The summed E-state index contributed by atoms with van der Waals surface area (Å²) in [6, 6.07) is 16.5. The van der Waals surface area contributed by atoms with Crippen LogP contribution in [0.1, 0.15) is 34.0 Å². The first kappa shape index (κ1) is 24.3. The third kappa shape index (κ3) is 5.60. The molecule has 0 aliphatic carbocycles. The molecule has 0 aliphatic rings. The van der Waals surface area contributed by atoms with Crippen LogP contribution in [0, 0.1) is 20.8 Å². The van der Waals surface area contributed by atoms with E-state index >= 15 is 0 Å². The van der Waals surface area contributed by atoms with Gasteiger partial charge in [0, 0.05) is 22.0 Å². The highest BCUT2D eigenvalue weighted by atomic mass is 35.5. The van der Waals surface area contributed by atoms with Gasteiger partial charge in [0.15, 0.2) is 4.34 Å². The van der Waals surface area contributed by atoms with Crippen LogP contribution in [0.2, 0.25) is 5.02 Å². The number of thioether (sulfide) groups is 1. The fourth-order valence-corrected chi connectivity index (χ4v) is 6.02. The Balaban J connectivity index is 1.44. The number of fused-ring (bicyclic) bond motifs is 1. The number of amides is 2. The molecule has 34 heavy (non-hydrogen) atoms. The van der Waals surface area contributed by atoms with Crippen molar-refractivity contribution in [3.63, 3.8) is 0 Å². The zero-order chi connectivity index (χ0) is 24.4. The molecule has 0 saturated heterocycles. The van der Waals surface area contributed by atoms with E-state index in [0.29, 0.717) is 16.3 Å². The number of hydrogen-bond donors (Lipinski definition) is 2. The fraction of sp³-hybridized carbons (Fsp3) is 0.192. The van der Waals surface area contributed by atoms with Crippen molar-refractivity contribution in [2.24, 2.45) is 0 Å². The lowest BCUT2D eigenvalue weighted by molar-refractivity contribution is -0.115. The van der Waals surface area contributed by atoms with Gasteiger partial charge in [0.05, 0.1) is 15.5 Å². The number of hydrogen-bond acceptors (Lipinski definition) is 5. The molecule has 0 unspecified atom stereocenters. The Hall–Kier alpha value is -2.87. The van der Waals surface area contributed by atoms with E-state index in [1.807, 2.05) is 45.9 Å². The first-order valence-corrected chi connectivity index (χ1v) is 12.8. The number of benzene rings is 3. The number of nitrogens with zero attached hydrogens (tertiary/aromatic N) is 1. The third-order valence-corrected chi connectivity index (χ3v) is 7.77. The Labute approximate surface area is 211 Å². The molecule has 4 aromatic rings. The summed E-state index contributed by atoms with van der Waals surface area (Å²) in [5.74, 6) is -0.266. The maximum absolute atomic E-state index is 12.8. The SMILES string of the molecule is Cc1cc(C)c(NC(=O)[C@H](C)Sc2nc3ccc(NC(=O)c4ccc(Cl)cc4)cc3s2)c(C)c1. The minimum atomic E-state index is -0.315. The molecule has 0 aliphatic heterocycles. The standard InChI is InChI=1S/C26H24ClN3O2S2/c1-14-11-15(2)23(16(3)12-14)30-24(31)17(4)33-26-29-21-10-9-20(13-22(21)34-26)28-25(32)18-5-7-19(27)8-6-18/h5-13,17H,1-4H3,(H,28,32)(H,30,31)/t17-/m0/s1. The summed E-state index contributed by atoms with van der Waals surface area (Å²) < 4.78 is 1.74. The van der Waals surface area contributed by atoms with Crippen LogP contribution in [0.3, 0.4) is 0 Å². The van der Waals surface area contributed by atoms with Crippen molar-refractivity contribution in [3.8, 4) is 0 Å². The minimum absolute atomic E-state index is 0.0600. The van der Waals surface area contributed by atoms with E-state index < -0.39 is 0 Å². The maximum atomic E-state index is 12.8. The number of nitrogens with one attached hydrogen (secondary N) is 2. The lowest BCUT2D eigenvalue weighted by Crippen LogP contribution is -2.23. The number of halogens is 1. The monoisotopic (exact) mass is 509 g/mol. The number of carbonyl (C=O) groups is 2. The second-order valence-corrected chi connectivity index (χ2v) is 11.2. The van der Waals surface area contributed by atoms with Gasteiger partial charge in [0.1, 0.15) is 0 Å². The van der Waals surface area contributed by atoms with Crippen LogP contribution in [0.4, 0.5) is 11.4 Å². The van der Waals surface area contributed by atoms with Gasteiger partial charge in [0.2, 0.25) is 5.91 Å². The zero-order valence-electron chi connectivity index (χ0n) is 19.2. The topological polar surface area (TPSA) is 71.1 Å². The lowest BCUT2D eigenvalue weighted by Gasteiger charge is -2.15. The van der Waals surface area contributed by atoms with Crippen molar-refractivity contribution in [1.82, 2.24) is 4.98 Å². The Morgan fingerprint density at radius 1 is 0.971 bits per heavy atom. The second-order valence-electron chi connectivity index (χ2n) is 8.15. The summed E-state index contributed by atoms with van der Waals surface area (Å²) in [6.07, 6.45) is 0. The van der Waals surface area contributed by atoms with E-state index in [9.17, 15) is 9.59 Å². The van der Waals surface area contributed by atoms with Gasteiger partial charge in [-0.1, -0.05) is 41.1 Å². The predicted octanol–water partition coefficient (Wildman–Crippen LogP) is 7.25. The van der Waals surface area contributed by atoms with Gasteiger partial charge in [-0.15, -0.1) is 11.3 Å². The molecular formula is C26H24ClN3O2S2. The van der Waals surface area contributed by atoms with Gasteiger partial charge >= 0.3 is 0 Å². The van der Waals surface area contributed by atoms with Gasteiger partial charge in [-0.05, 0) is 81.3 Å². The quantitative estimate of drug-likeness (QED) is 0.268. The highest BCUT2D eigenvalue weighted by Crippen LogP contribution is 2.34. The van der Waals surface area contributed by atoms with Gasteiger partial charge in [0.25, 0.3) is 5.91 Å². The number of anilines is 2. The number of aryl methyl sites for hydroxylation is 3. The van der Waals surface area contributed by atoms with Crippen LogP contribution in [-0.2, 0) is 4.79 Å². The predicted molar refractivity (Wildman–Crippen MR) is 144 cm³/mol. The summed E-state index contributed by atoms with van der Waals surface area (Å²) in [5.41, 5.74) is 6.19. The lowest BCUT2D eigenvalue weighted by atomic mass is 10.1. The van der Waals surface area contributed by atoms with Crippen LogP contribution in [0.5, 0.6) is 0 Å². The largest absolute Gasteiger partial charge is 0.325 e. The number of thiazole rings is 1. The Kier molecular flexibility index (Phi) is 7.26. The average molecular weight is 510 g/mol. The highest BCUT2D eigenvalue weighted by molar-refractivity contribution is 8.02. The van der Waals surface area contributed by atoms with Crippen LogP contribution in [0.25, 0.3) is 10.2 Å². The summed E-state index contributed by atoms with van der Waals surface area (Å²) in [6.45, 7) is 7.93.